The van der Waals surface area contributed by atoms with Crippen LogP contribution in [0, 0.1) is 17.0 Å². The first-order chi connectivity index (χ1) is 13.5. The van der Waals surface area contributed by atoms with E-state index in [9.17, 15) is 18.4 Å². The molecule has 1 aromatic carbocycles. The normalized spacial score (nSPS) is 19.3. The van der Waals surface area contributed by atoms with E-state index in [1.807, 2.05) is 0 Å². The lowest BCUT2D eigenvalue weighted by atomic mass is 9.71. The monoisotopic (exact) mass is 388 g/mol. The Labute approximate surface area is 161 Å². The van der Waals surface area contributed by atoms with Gasteiger partial charge in [0.15, 0.2) is 0 Å². The average Bonchev–Trinajstić information content (AvgIpc) is 3.23. The molecule has 1 spiro atoms. The number of H-pyrrole nitrogens is 1. The smallest absolute Gasteiger partial charge is 0.257 e. The Hall–Kier alpha value is -2.77. The standard InChI is InChI=1S/C20H22F2N4O2/c21-16-2-3-17(22)14(10-16)13-26-7-1-4-20(19(26)28)5-8-25(9-6-20)18(27)15-11-23-24-12-15/h2-3,10-12H,1,4-9,13H2,(H,23,24). The van der Waals surface area contributed by atoms with Crippen LogP contribution in [0.15, 0.2) is 30.6 Å². The number of aromatic nitrogens is 2. The van der Waals surface area contributed by atoms with Gasteiger partial charge >= 0.3 is 0 Å². The number of carbonyl (C=O) groups is 2. The SMILES string of the molecule is O=C(c1cn[nH]c1)N1CCC2(CCCN(Cc3cc(F)ccc3F)C2=O)CC1. The molecule has 0 saturated carbocycles. The second-order valence-corrected chi connectivity index (χ2v) is 7.63. The summed E-state index contributed by atoms with van der Waals surface area (Å²) in [5.41, 5.74) is 0.182. The van der Waals surface area contributed by atoms with Crippen LogP contribution < -0.4 is 0 Å². The summed E-state index contributed by atoms with van der Waals surface area (Å²) in [7, 11) is 0. The molecule has 8 heteroatoms. The van der Waals surface area contributed by atoms with Gasteiger partial charge in [-0.15, -0.1) is 0 Å². The second kappa shape index (κ2) is 7.33. The van der Waals surface area contributed by atoms with Crippen molar-refractivity contribution in [2.75, 3.05) is 19.6 Å². The van der Waals surface area contributed by atoms with Crippen LogP contribution in [0.1, 0.15) is 41.6 Å². The number of hydrogen-bond acceptors (Lipinski definition) is 3. The molecule has 0 radical (unpaired) electrons. The first-order valence-corrected chi connectivity index (χ1v) is 9.50. The van der Waals surface area contributed by atoms with Crippen molar-refractivity contribution in [1.29, 1.82) is 0 Å². The Morgan fingerprint density at radius 2 is 1.96 bits per heavy atom. The van der Waals surface area contributed by atoms with Crippen LogP contribution in [0.25, 0.3) is 0 Å². The highest BCUT2D eigenvalue weighted by molar-refractivity contribution is 5.94. The highest BCUT2D eigenvalue weighted by Crippen LogP contribution is 2.41. The van der Waals surface area contributed by atoms with Crippen molar-refractivity contribution in [3.63, 3.8) is 0 Å². The molecule has 4 rings (SSSR count). The van der Waals surface area contributed by atoms with Gasteiger partial charge in [-0.1, -0.05) is 0 Å². The molecule has 6 nitrogen and oxygen atoms in total. The molecule has 1 N–H and O–H groups in total. The van der Waals surface area contributed by atoms with Crippen LogP contribution in [0.2, 0.25) is 0 Å². The van der Waals surface area contributed by atoms with E-state index in [-0.39, 0.29) is 23.9 Å². The van der Waals surface area contributed by atoms with E-state index in [0.717, 1.165) is 31.0 Å². The van der Waals surface area contributed by atoms with E-state index in [0.29, 0.717) is 38.0 Å². The number of likely N-dealkylation sites (tertiary alicyclic amines) is 2. The van der Waals surface area contributed by atoms with E-state index >= 15 is 0 Å². The zero-order valence-corrected chi connectivity index (χ0v) is 15.5. The predicted octanol–water partition coefficient (Wildman–Crippen LogP) is 2.73. The molecule has 0 atom stereocenters. The maximum Gasteiger partial charge on any atom is 0.257 e. The number of nitrogens with one attached hydrogen (secondary N) is 1. The number of rotatable bonds is 3. The van der Waals surface area contributed by atoms with Crippen molar-refractivity contribution in [3.8, 4) is 0 Å². The fourth-order valence-corrected chi connectivity index (χ4v) is 4.33. The Morgan fingerprint density at radius 1 is 1.18 bits per heavy atom. The fourth-order valence-electron chi connectivity index (χ4n) is 4.33. The summed E-state index contributed by atoms with van der Waals surface area (Å²) < 4.78 is 27.5. The third-order valence-corrected chi connectivity index (χ3v) is 5.95. The Morgan fingerprint density at radius 3 is 2.68 bits per heavy atom. The van der Waals surface area contributed by atoms with Crippen molar-refractivity contribution < 1.29 is 18.4 Å². The van der Waals surface area contributed by atoms with E-state index in [1.54, 1.807) is 16.0 Å². The summed E-state index contributed by atoms with van der Waals surface area (Å²) in [6.45, 7) is 1.60. The maximum absolute atomic E-state index is 14.0. The molecule has 2 saturated heterocycles. The number of amides is 2. The number of hydrogen-bond donors (Lipinski definition) is 1. The van der Waals surface area contributed by atoms with E-state index < -0.39 is 17.0 Å². The maximum atomic E-state index is 14.0. The summed E-state index contributed by atoms with van der Waals surface area (Å²) in [5.74, 6) is -1.13. The topological polar surface area (TPSA) is 69.3 Å². The van der Waals surface area contributed by atoms with Gasteiger partial charge in [0.1, 0.15) is 11.6 Å². The lowest BCUT2D eigenvalue weighted by molar-refractivity contribution is -0.150. The van der Waals surface area contributed by atoms with E-state index in [1.165, 1.54) is 6.20 Å². The molecule has 28 heavy (non-hydrogen) atoms. The molecule has 1 aromatic heterocycles. The van der Waals surface area contributed by atoms with Gasteiger partial charge in [0.25, 0.3) is 5.91 Å². The average molecular weight is 388 g/mol. The number of piperidine rings is 2. The summed E-state index contributed by atoms with van der Waals surface area (Å²) in [6.07, 6.45) is 5.80. The molecule has 2 fully saturated rings. The van der Waals surface area contributed by atoms with Crippen LogP contribution in [-0.4, -0.2) is 51.4 Å². The molecule has 0 unspecified atom stereocenters. The first kappa shape index (κ1) is 18.6. The van der Waals surface area contributed by atoms with Crippen LogP contribution in [0.5, 0.6) is 0 Å². The van der Waals surface area contributed by atoms with Gasteiger partial charge in [0, 0.05) is 37.9 Å². The molecular formula is C20H22F2N4O2. The molecule has 0 aliphatic carbocycles. The van der Waals surface area contributed by atoms with Gasteiger partial charge in [-0.05, 0) is 43.9 Å². The lowest BCUT2D eigenvalue weighted by Gasteiger charge is -2.46. The van der Waals surface area contributed by atoms with Crippen LogP contribution in [0.3, 0.4) is 0 Å². The van der Waals surface area contributed by atoms with Gasteiger partial charge in [-0.3, -0.25) is 14.7 Å². The summed E-state index contributed by atoms with van der Waals surface area (Å²) in [4.78, 5) is 29.1. The zero-order chi connectivity index (χ0) is 19.7. The molecule has 2 amide bonds. The predicted molar refractivity (Wildman–Crippen MR) is 97.2 cm³/mol. The third kappa shape index (κ3) is 3.39. The van der Waals surface area contributed by atoms with Crippen LogP contribution >= 0.6 is 0 Å². The molecule has 0 bridgehead atoms. The quantitative estimate of drug-likeness (QED) is 0.879. The molecule has 3 heterocycles. The minimum Gasteiger partial charge on any atom is -0.338 e. The van der Waals surface area contributed by atoms with Crippen LogP contribution in [0.4, 0.5) is 8.78 Å². The Bertz CT molecular complexity index is 876. The van der Waals surface area contributed by atoms with Crippen LogP contribution in [-0.2, 0) is 11.3 Å². The molecular weight excluding hydrogens is 366 g/mol. The molecule has 2 aliphatic rings. The minimum atomic E-state index is -0.519. The summed E-state index contributed by atoms with van der Waals surface area (Å²) >= 11 is 0. The van der Waals surface area contributed by atoms with Gasteiger partial charge in [-0.25, -0.2) is 8.78 Å². The lowest BCUT2D eigenvalue weighted by Crippen LogP contribution is -2.54. The number of carbonyl (C=O) groups excluding carboxylic acids is 2. The molecule has 2 aromatic rings. The van der Waals surface area contributed by atoms with Crippen molar-refractivity contribution in [2.45, 2.75) is 32.2 Å². The Kier molecular flexibility index (Phi) is 4.87. The number of halogens is 2. The third-order valence-electron chi connectivity index (χ3n) is 5.95. The number of aromatic amines is 1. The van der Waals surface area contributed by atoms with Gasteiger partial charge < -0.3 is 9.80 Å². The summed E-state index contributed by atoms with van der Waals surface area (Å²) in [6, 6.07) is 3.32. The van der Waals surface area contributed by atoms with Crippen molar-refractivity contribution in [3.05, 3.63) is 53.4 Å². The fraction of sp³-hybridized carbons (Fsp3) is 0.450. The van der Waals surface area contributed by atoms with Gasteiger partial charge in [0.2, 0.25) is 5.91 Å². The highest BCUT2D eigenvalue weighted by atomic mass is 19.1. The van der Waals surface area contributed by atoms with E-state index in [4.69, 9.17) is 0 Å². The summed E-state index contributed by atoms with van der Waals surface area (Å²) in [5, 5.41) is 6.44. The zero-order valence-electron chi connectivity index (χ0n) is 15.5. The van der Waals surface area contributed by atoms with Gasteiger partial charge in [-0.2, -0.15) is 5.10 Å². The number of nitrogens with zero attached hydrogens (tertiary/aromatic N) is 3. The largest absolute Gasteiger partial charge is 0.338 e. The van der Waals surface area contributed by atoms with E-state index in [2.05, 4.69) is 10.2 Å². The first-order valence-electron chi connectivity index (χ1n) is 9.50. The minimum absolute atomic E-state index is 0.0159. The highest BCUT2D eigenvalue weighted by Gasteiger charge is 2.46. The molecule has 148 valence electrons. The van der Waals surface area contributed by atoms with Crippen molar-refractivity contribution in [1.82, 2.24) is 20.0 Å². The number of benzene rings is 1. The van der Waals surface area contributed by atoms with Gasteiger partial charge in [0.05, 0.1) is 17.2 Å². The van der Waals surface area contributed by atoms with Crippen molar-refractivity contribution in [2.24, 2.45) is 5.41 Å². The van der Waals surface area contributed by atoms with Crippen molar-refractivity contribution >= 4 is 11.8 Å². The second-order valence-electron chi connectivity index (χ2n) is 7.63. The Balaban J connectivity index is 1.45. The molecule has 2 aliphatic heterocycles.